The Kier molecular flexibility index (Phi) is 1.87. The largest absolute Gasteiger partial charge is 0.456 e. The van der Waals surface area contributed by atoms with E-state index in [9.17, 15) is 13.2 Å². The van der Waals surface area contributed by atoms with Gasteiger partial charge in [0.25, 0.3) is 0 Å². The van der Waals surface area contributed by atoms with E-state index in [1.54, 1.807) is 0 Å². The molecule has 0 saturated carbocycles. The van der Waals surface area contributed by atoms with Crippen LogP contribution in [0.2, 0.25) is 0 Å². The predicted molar refractivity (Wildman–Crippen MR) is 40.5 cm³/mol. The van der Waals surface area contributed by atoms with E-state index < -0.39 is 11.7 Å². The molecule has 0 spiro atoms. The molecule has 0 saturated heterocycles. The molecule has 73 valence electrons. The van der Waals surface area contributed by atoms with Crippen LogP contribution in [0.3, 0.4) is 0 Å². The minimum atomic E-state index is -4.44. The highest BCUT2D eigenvalue weighted by Gasteiger charge is 2.36. The molecule has 1 aromatic carbocycles. The van der Waals surface area contributed by atoms with Gasteiger partial charge in [0.05, 0.1) is 0 Å². The van der Waals surface area contributed by atoms with Crippen molar-refractivity contribution in [1.82, 2.24) is 0 Å². The normalized spacial score (nSPS) is 14.2. The molecule has 0 amide bonds. The first kappa shape index (κ1) is 8.93. The zero-order valence-corrected chi connectivity index (χ0v) is 6.76. The Morgan fingerprint density at radius 3 is 2.71 bits per heavy atom. The Labute approximate surface area is 77.6 Å². The van der Waals surface area contributed by atoms with E-state index in [-0.39, 0.29) is 11.5 Å². The molecule has 2 nitrogen and oxygen atoms in total. The fourth-order valence-corrected chi connectivity index (χ4v) is 1.11. The molecular weight excluding hydrogens is 197 g/mol. The molecule has 0 unspecified atom stereocenters. The van der Waals surface area contributed by atoms with Gasteiger partial charge in [0, 0.05) is 0 Å². The van der Waals surface area contributed by atoms with Gasteiger partial charge < -0.3 is 9.47 Å². The summed E-state index contributed by atoms with van der Waals surface area (Å²) in [4.78, 5) is 0. The molecule has 1 aliphatic rings. The molecule has 0 aromatic heterocycles. The van der Waals surface area contributed by atoms with Gasteiger partial charge in [-0.05, 0) is 12.1 Å². The molecule has 5 heteroatoms. The average molecular weight is 201 g/mol. The van der Waals surface area contributed by atoms with Gasteiger partial charge in [-0.25, -0.2) is 0 Å². The smallest absolute Gasteiger partial charge is 0.420 e. The summed E-state index contributed by atoms with van der Waals surface area (Å²) in [5.74, 6) is -0.305. The zero-order valence-electron chi connectivity index (χ0n) is 6.76. The molecular formula is C9H4F3O2. The Morgan fingerprint density at radius 2 is 2.00 bits per heavy atom. The zero-order chi connectivity index (χ0) is 10.2. The summed E-state index contributed by atoms with van der Waals surface area (Å²) in [5.41, 5.74) is -0.854. The maximum absolute atomic E-state index is 12.4. The molecule has 14 heavy (non-hydrogen) atoms. The SMILES string of the molecule is FC(F)(F)c1cccc2c1OC=[C]O2. The van der Waals surface area contributed by atoms with Gasteiger partial charge >= 0.3 is 6.18 Å². The number of alkyl halides is 3. The van der Waals surface area contributed by atoms with Gasteiger partial charge in [-0.2, -0.15) is 13.2 Å². The van der Waals surface area contributed by atoms with Gasteiger partial charge in [0.2, 0.25) is 6.26 Å². The van der Waals surface area contributed by atoms with E-state index in [2.05, 4.69) is 6.26 Å². The Balaban J connectivity index is 2.54. The quantitative estimate of drug-likeness (QED) is 0.642. The number of ether oxygens (including phenoxy) is 2. The lowest BCUT2D eigenvalue weighted by Gasteiger charge is -2.16. The highest BCUT2D eigenvalue weighted by atomic mass is 19.4. The second-order valence-corrected chi connectivity index (χ2v) is 2.59. The fraction of sp³-hybridized carbons (Fsp3) is 0.111. The van der Waals surface area contributed by atoms with E-state index in [1.807, 2.05) is 0 Å². The molecule has 0 N–H and O–H groups in total. The molecule has 1 heterocycles. The lowest BCUT2D eigenvalue weighted by Crippen LogP contribution is -2.09. The molecule has 0 fully saturated rings. The molecule has 2 rings (SSSR count). The van der Waals surface area contributed by atoms with Crippen LogP contribution in [0.1, 0.15) is 5.56 Å². The summed E-state index contributed by atoms with van der Waals surface area (Å²) >= 11 is 0. The number of fused-ring (bicyclic) bond motifs is 1. The molecule has 0 atom stereocenters. The molecule has 1 aliphatic heterocycles. The van der Waals surface area contributed by atoms with E-state index in [4.69, 9.17) is 9.47 Å². The van der Waals surface area contributed by atoms with Crippen molar-refractivity contribution in [3.8, 4) is 11.5 Å². The lowest BCUT2D eigenvalue weighted by atomic mass is 10.2. The number of rotatable bonds is 0. The maximum atomic E-state index is 12.4. The third kappa shape index (κ3) is 1.41. The first-order valence-corrected chi connectivity index (χ1v) is 3.70. The van der Waals surface area contributed by atoms with Crippen LogP contribution < -0.4 is 9.47 Å². The second kappa shape index (κ2) is 2.94. The van der Waals surface area contributed by atoms with Crippen LogP contribution in [-0.2, 0) is 6.18 Å². The Bertz CT molecular complexity index is 382. The van der Waals surface area contributed by atoms with Gasteiger partial charge in [-0.1, -0.05) is 6.07 Å². The van der Waals surface area contributed by atoms with E-state index in [0.29, 0.717) is 0 Å². The standard InChI is InChI=1S/C9H4F3O2/c10-9(11,12)6-2-1-3-7-8(6)14-5-4-13-7/h1-3,5H. The number of para-hydroxylation sites is 1. The molecule has 1 radical (unpaired) electrons. The van der Waals surface area contributed by atoms with Crippen molar-refractivity contribution in [3.63, 3.8) is 0 Å². The number of hydrogen-bond donors (Lipinski definition) is 0. The van der Waals surface area contributed by atoms with Crippen molar-refractivity contribution >= 4 is 0 Å². The van der Waals surface area contributed by atoms with E-state index in [0.717, 1.165) is 12.3 Å². The third-order valence-corrected chi connectivity index (χ3v) is 1.68. The van der Waals surface area contributed by atoms with Crippen LogP contribution in [0.5, 0.6) is 11.5 Å². The van der Waals surface area contributed by atoms with E-state index in [1.165, 1.54) is 12.1 Å². The molecule has 1 aromatic rings. The van der Waals surface area contributed by atoms with Crippen molar-refractivity contribution in [1.29, 1.82) is 0 Å². The van der Waals surface area contributed by atoms with Crippen molar-refractivity contribution in [2.24, 2.45) is 0 Å². The number of halogens is 3. The van der Waals surface area contributed by atoms with Gasteiger partial charge in [-0.15, -0.1) is 0 Å². The van der Waals surface area contributed by atoms with Crippen LogP contribution in [0, 0.1) is 6.26 Å². The number of hydrogen-bond acceptors (Lipinski definition) is 2. The summed E-state index contributed by atoms with van der Waals surface area (Å²) in [5, 5.41) is 0. The van der Waals surface area contributed by atoms with Gasteiger partial charge in [0.15, 0.2) is 11.5 Å². The van der Waals surface area contributed by atoms with Crippen LogP contribution in [0.4, 0.5) is 13.2 Å². The Hall–Kier alpha value is -1.65. The number of benzene rings is 1. The summed E-state index contributed by atoms with van der Waals surface area (Å²) in [6.45, 7) is 0. The molecule has 0 bridgehead atoms. The van der Waals surface area contributed by atoms with Crippen LogP contribution in [0.25, 0.3) is 0 Å². The Morgan fingerprint density at radius 1 is 1.21 bits per heavy atom. The van der Waals surface area contributed by atoms with Crippen molar-refractivity contribution in [3.05, 3.63) is 36.3 Å². The fourth-order valence-electron chi connectivity index (χ4n) is 1.11. The second-order valence-electron chi connectivity index (χ2n) is 2.59. The van der Waals surface area contributed by atoms with Crippen LogP contribution >= 0.6 is 0 Å². The lowest BCUT2D eigenvalue weighted by molar-refractivity contribution is -0.138. The monoisotopic (exact) mass is 201 g/mol. The topological polar surface area (TPSA) is 18.5 Å². The highest BCUT2D eigenvalue weighted by Crippen LogP contribution is 2.42. The molecule has 0 aliphatic carbocycles. The van der Waals surface area contributed by atoms with Crippen LogP contribution in [-0.4, -0.2) is 0 Å². The summed E-state index contributed by atoms with van der Waals surface area (Å²) in [6.07, 6.45) is -1.30. The van der Waals surface area contributed by atoms with Gasteiger partial charge in [0.1, 0.15) is 11.8 Å². The first-order chi connectivity index (χ1) is 6.59. The maximum Gasteiger partial charge on any atom is 0.420 e. The van der Waals surface area contributed by atoms with E-state index >= 15 is 0 Å². The van der Waals surface area contributed by atoms with Crippen molar-refractivity contribution in [2.75, 3.05) is 0 Å². The third-order valence-electron chi connectivity index (χ3n) is 1.68. The average Bonchev–Trinajstić information content (AvgIpc) is 2.15. The predicted octanol–water partition coefficient (Wildman–Crippen LogP) is 2.75. The first-order valence-electron chi connectivity index (χ1n) is 3.70. The van der Waals surface area contributed by atoms with Crippen molar-refractivity contribution < 1.29 is 22.6 Å². The summed E-state index contributed by atoms with van der Waals surface area (Å²) < 4.78 is 46.6. The minimum absolute atomic E-state index is 0.0160. The van der Waals surface area contributed by atoms with Crippen LogP contribution in [0.15, 0.2) is 24.5 Å². The summed E-state index contributed by atoms with van der Waals surface area (Å²) in [7, 11) is 0. The summed E-state index contributed by atoms with van der Waals surface area (Å²) in [6, 6.07) is 3.56. The van der Waals surface area contributed by atoms with Crippen molar-refractivity contribution in [2.45, 2.75) is 6.18 Å². The van der Waals surface area contributed by atoms with Gasteiger partial charge in [-0.3, -0.25) is 0 Å². The highest BCUT2D eigenvalue weighted by molar-refractivity contribution is 5.49. The minimum Gasteiger partial charge on any atom is -0.456 e.